The summed E-state index contributed by atoms with van der Waals surface area (Å²) in [7, 11) is -0.979. The Bertz CT molecular complexity index is 423. The van der Waals surface area contributed by atoms with Gasteiger partial charge in [-0.05, 0) is 6.92 Å². The number of carbonyl (C=O) groups excluding carboxylic acids is 2. The lowest BCUT2D eigenvalue weighted by Crippen LogP contribution is -2.48. The molecule has 0 spiro atoms. The molecule has 19 heavy (non-hydrogen) atoms. The van der Waals surface area contributed by atoms with E-state index in [1.807, 2.05) is 0 Å². The normalized spacial score (nSPS) is 14.8. The van der Waals surface area contributed by atoms with Gasteiger partial charge in [-0.3, -0.25) is 19.9 Å². The van der Waals surface area contributed by atoms with Crippen molar-refractivity contribution in [3.8, 4) is 0 Å². The number of carbonyl (C=O) groups is 2. The van der Waals surface area contributed by atoms with Gasteiger partial charge in [0.2, 0.25) is 21.8 Å². The van der Waals surface area contributed by atoms with Gasteiger partial charge in [0, 0.05) is 18.9 Å². The van der Waals surface area contributed by atoms with Crippen LogP contribution in [0.5, 0.6) is 0 Å². The average Bonchev–Trinajstić information content (AvgIpc) is 2.36. The van der Waals surface area contributed by atoms with Crippen LogP contribution in [0.1, 0.15) is 20.8 Å². The van der Waals surface area contributed by atoms with Crippen LogP contribution in [-0.2, 0) is 24.4 Å². The maximum absolute atomic E-state index is 11.8. The molecule has 0 aliphatic carbocycles. The highest BCUT2D eigenvalue weighted by molar-refractivity contribution is 7.89. The van der Waals surface area contributed by atoms with Crippen molar-refractivity contribution >= 4 is 21.8 Å². The maximum atomic E-state index is 11.8. The van der Waals surface area contributed by atoms with Crippen molar-refractivity contribution < 1.29 is 22.8 Å². The van der Waals surface area contributed by atoms with Crippen LogP contribution < -0.4 is 10.9 Å². The van der Waals surface area contributed by atoms with Crippen LogP contribution in [0, 0.1) is 11.8 Å². The Balaban J connectivity index is 4.63. The third kappa shape index (κ3) is 5.13. The van der Waals surface area contributed by atoms with Gasteiger partial charge in [-0.15, -0.1) is 4.41 Å². The first kappa shape index (κ1) is 17.8. The second-order valence-electron chi connectivity index (χ2n) is 4.09. The molecule has 0 saturated heterocycles. The molecular formula is C10H21N3O5S. The van der Waals surface area contributed by atoms with E-state index in [1.165, 1.54) is 28.0 Å². The van der Waals surface area contributed by atoms with Gasteiger partial charge in [0.05, 0.1) is 12.9 Å². The zero-order chi connectivity index (χ0) is 15.2. The monoisotopic (exact) mass is 295 g/mol. The number of sulfonamides is 1. The first-order valence-electron chi connectivity index (χ1n) is 5.77. The standard InChI is InChI=1S/C10H21N3O5S/c1-6-19(16,17)13(4)11-9(14)7(2)8(3)10(15)12-18-5/h7-8H,6H2,1-5H3,(H,11,14)(H,12,15). The Morgan fingerprint density at radius 2 is 1.68 bits per heavy atom. The van der Waals surface area contributed by atoms with Crippen molar-refractivity contribution in [1.82, 2.24) is 15.3 Å². The minimum absolute atomic E-state index is 0.127. The number of hydrazine groups is 1. The van der Waals surface area contributed by atoms with Crippen LogP contribution in [0.4, 0.5) is 0 Å². The zero-order valence-electron chi connectivity index (χ0n) is 11.8. The summed E-state index contributed by atoms with van der Waals surface area (Å²) in [6, 6.07) is 0. The van der Waals surface area contributed by atoms with E-state index in [-0.39, 0.29) is 5.75 Å². The van der Waals surface area contributed by atoms with Crippen LogP contribution >= 0.6 is 0 Å². The Hall–Kier alpha value is -1.19. The Labute approximate surface area is 113 Å². The average molecular weight is 295 g/mol. The van der Waals surface area contributed by atoms with E-state index in [0.717, 1.165) is 4.41 Å². The molecule has 0 rings (SSSR count). The van der Waals surface area contributed by atoms with Crippen LogP contribution in [-0.4, -0.2) is 44.6 Å². The Morgan fingerprint density at radius 3 is 2.11 bits per heavy atom. The molecular weight excluding hydrogens is 274 g/mol. The number of nitrogens with zero attached hydrogens (tertiary/aromatic N) is 1. The molecule has 0 aromatic heterocycles. The summed E-state index contributed by atoms with van der Waals surface area (Å²) in [4.78, 5) is 27.8. The summed E-state index contributed by atoms with van der Waals surface area (Å²) in [6.07, 6.45) is 0. The van der Waals surface area contributed by atoms with Crippen molar-refractivity contribution in [3.05, 3.63) is 0 Å². The summed E-state index contributed by atoms with van der Waals surface area (Å²) < 4.78 is 23.7. The molecule has 2 N–H and O–H groups in total. The smallest absolute Gasteiger partial charge is 0.247 e. The molecule has 0 bridgehead atoms. The fourth-order valence-electron chi connectivity index (χ4n) is 1.17. The highest BCUT2D eigenvalue weighted by Crippen LogP contribution is 2.11. The van der Waals surface area contributed by atoms with Gasteiger partial charge in [-0.1, -0.05) is 13.8 Å². The summed E-state index contributed by atoms with van der Waals surface area (Å²) in [6.45, 7) is 4.55. The van der Waals surface area contributed by atoms with Crippen molar-refractivity contribution in [2.75, 3.05) is 19.9 Å². The minimum atomic E-state index is -3.51. The Morgan fingerprint density at radius 1 is 1.21 bits per heavy atom. The number of nitrogens with one attached hydrogen (secondary N) is 2. The summed E-state index contributed by atoms with van der Waals surface area (Å²) in [5.74, 6) is -2.50. The van der Waals surface area contributed by atoms with E-state index in [2.05, 4.69) is 15.7 Å². The van der Waals surface area contributed by atoms with Crippen LogP contribution in [0.2, 0.25) is 0 Å². The SMILES string of the molecule is CCS(=O)(=O)N(C)NC(=O)C(C)C(C)C(=O)NOC. The van der Waals surface area contributed by atoms with Crippen molar-refractivity contribution in [3.63, 3.8) is 0 Å². The lowest BCUT2D eigenvalue weighted by molar-refractivity contribution is -0.141. The second-order valence-corrected chi connectivity index (χ2v) is 6.38. The number of amides is 2. The predicted octanol–water partition coefficient (Wildman–Crippen LogP) is -0.751. The molecule has 0 fully saturated rings. The predicted molar refractivity (Wildman–Crippen MR) is 68.8 cm³/mol. The first-order chi connectivity index (χ1) is 8.67. The molecule has 0 aliphatic rings. The van der Waals surface area contributed by atoms with Gasteiger partial charge < -0.3 is 0 Å². The number of hydroxylamine groups is 1. The van der Waals surface area contributed by atoms with Crippen molar-refractivity contribution in [2.45, 2.75) is 20.8 Å². The quantitative estimate of drug-likeness (QED) is 0.601. The van der Waals surface area contributed by atoms with Crippen molar-refractivity contribution in [1.29, 1.82) is 0 Å². The van der Waals surface area contributed by atoms with E-state index < -0.39 is 33.7 Å². The van der Waals surface area contributed by atoms with E-state index >= 15 is 0 Å². The molecule has 2 unspecified atom stereocenters. The summed E-state index contributed by atoms with van der Waals surface area (Å²) in [5.41, 5.74) is 4.36. The molecule has 0 heterocycles. The van der Waals surface area contributed by atoms with E-state index in [0.29, 0.717) is 0 Å². The topological polar surface area (TPSA) is 105 Å². The van der Waals surface area contributed by atoms with Crippen LogP contribution in [0.3, 0.4) is 0 Å². The fourth-order valence-corrected chi connectivity index (χ4v) is 1.78. The van der Waals surface area contributed by atoms with Gasteiger partial charge in [0.25, 0.3) is 0 Å². The number of hydrogen-bond acceptors (Lipinski definition) is 5. The van der Waals surface area contributed by atoms with Crippen molar-refractivity contribution in [2.24, 2.45) is 11.8 Å². The first-order valence-corrected chi connectivity index (χ1v) is 7.38. The minimum Gasteiger partial charge on any atom is -0.277 e. The lowest BCUT2D eigenvalue weighted by atomic mass is 9.95. The highest BCUT2D eigenvalue weighted by Gasteiger charge is 2.28. The van der Waals surface area contributed by atoms with Gasteiger partial charge >= 0.3 is 0 Å². The fraction of sp³-hybridized carbons (Fsp3) is 0.800. The Kier molecular flexibility index (Phi) is 6.95. The van der Waals surface area contributed by atoms with Gasteiger partial charge in [0.1, 0.15) is 0 Å². The molecule has 8 nitrogen and oxygen atoms in total. The molecule has 9 heteroatoms. The molecule has 0 saturated carbocycles. The van der Waals surface area contributed by atoms with Gasteiger partial charge in [0.15, 0.2) is 0 Å². The van der Waals surface area contributed by atoms with E-state index in [9.17, 15) is 18.0 Å². The maximum Gasteiger partial charge on any atom is 0.247 e. The van der Waals surface area contributed by atoms with E-state index in [1.54, 1.807) is 6.92 Å². The molecule has 0 aromatic carbocycles. The molecule has 0 radical (unpaired) electrons. The third-order valence-electron chi connectivity index (χ3n) is 2.83. The molecule has 112 valence electrons. The summed E-state index contributed by atoms with van der Waals surface area (Å²) >= 11 is 0. The van der Waals surface area contributed by atoms with Gasteiger partial charge in [-0.25, -0.2) is 13.9 Å². The highest BCUT2D eigenvalue weighted by atomic mass is 32.2. The number of hydrogen-bond donors (Lipinski definition) is 2. The molecule has 2 amide bonds. The third-order valence-corrected chi connectivity index (χ3v) is 4.48. The second kappa shape index (κ2) is 7.41. The summed E-state index contributed by atoms with van der Waals surface area (Å²) in [5, 5.41) is 0. The van der Waals surface area contributed by atoms with E-state index in [4.69, 9.17) is 0 Å². The zero-order valence-corrected chi connectivity index (χ0v) is 12.6. The molecule has 0 aromatic rings. The molecule has 2 atom stereocenters. The molecule has 0 aliphatic heterocycles. The van der Waals surface area contributed by atoms with Crippen LogP contribution in [0.25, 0.3) is 0 Å². The van der Waals surface area contributed by atoms with Gasteiger partial charge in [-0.2, -0.15) is 0 Å². The number of rotatable bonds is 7. The van der Waals surface area contributed by atoms with Crippen LogP contribution in [0.15, 0.2) is 0 Å². The lowest BCUT2D eigenvalue weighted by Gasteiger charge is -2.22. The largest absolute Gasteiger partial charge is 0.277 e.